The highest BCUT2D eigenvalue weighted by Gasteiger charge is 2.13. The third-order valence-electron chi connectivity index (χ3n) is 4.38. The Balaban J connectivity index is 1.44. The van der Waals surface area contributed by atoms with E-state index >= 15 is 0 Å². The van der Waals surface area contributed by atoms with Gasteiger partial charge in [-0.1, -0.05) is 42.5 Å². The van der Waals surface area contributed by atoms with Gasteiger partial charge in [-0.3, -0.25) is 0 Å². The second-order valence-electron chi connectivity index (χ2n) is 5.89. The number of nitrogens with two attached hydrogens (primary N) is 1. The van der Waals surface area contributed by atoms with Crippen molar-refractivity contribution in [1.29, 1.82) is 0 Å². The van der Waals surface area contributed by atoms with Crippen LogP contribution in [0.2, 0.25) is 0 Å². The van der Waals surface area contributed by atoms with Gasteiger partial charge in [0.05, 0.1) is 26.3 Å². The van der Waals surface area contributed by atoms with Gasteiger partial charge in [0.25, 0.3) is 0 Å². The minimum absolute atomic E-state index is 0.940. The molecule has 0 amide bonds. The maximum atomic E-state index is 5.40. The van der Waals surface area contributed by atoms with Crippen LogP contribution in [0.25, 0.3) is 10.8 Å². The maximum Gasteiger partial charge on any atom is 0.102 e. The molecule has 0 bridgehead atoms. The average Bonchev–Trinajstić information content (AvgIpc) is 2.56. The molecule has 0 spiro atoms. The van der Waals surface area contributed by atoms with E-state index in [1.54, 1.807) is 4.90 Å². The Morgan fingerprint density at radius 2 is 1.81 bits per heavy atom. The fourth-order valence-corrected chi connectivity index (χ4v) is 3.13. The van der Waals surface area contributed by atoms with Crippen LogP contribution in [0.5, 0.6) is 0 Å². The maximum absolute atomic E-state index is 5.40. The Bertz CT molecular complexity index is 559. The van der Waals surface area contributed by atoms with Gasteiger partial charge in [-0.25, -0.2) is 0 Å². The molecule has 1 heterocycles. The molecule has 2 aromatic rings. The number of hydrogen-bond acceptors (Lipinski definition) is 1. The molecular formula is C18H26N2O+2. The van der Waals surface area contributed by atoms with Gasteiger partial charge >= 0.3 is 0 Å². The average molecular weight is 286 g/mol. The first-order chi connectivity index (χ1) is 10.4. The molecular weight excluding hydrogens is 260 g/mol. The molecule has 112 valence electrons. The predicted molar refractivity (Wildman–Crippen MR) is 85.4 cm³/mol. The van der Waals surface area contributed by atoms with Crippen LogP contribution in [0, 0.1) is 0 Å². The van der Waals surface area contributed by atoms with Crippen molar-refractivity contribution in [3.05, 3.63) is 48.0 Å². The van der Waals surface area contributed by atoms with Gasteiger partial charge in [-0.15, -0.1) is 0 Å². The van der Waals surface area contributed by atoms with Crippen LogP contribution in [-0.4, -0.2) is 39.4 Å². The van der Waals surface area contributed by atoms with E-state index < -0.39 is 0 Å². The van der Waals surface area contributed by atoms with Crippen LogP contribution < -0.4 is 10.2 Å². The van der Waals surface area contributed by atoms with Crippen LogP contribution in [0.15, 0.2) is 42.5 Å². The van der Waals surface area contributed by atoms with Gasteiger partial charge < -0.3 is 15.0 Å². The molecule has 21 heavy (non-hydrogen) atoms. The molecule has 1 aliphatic heterocycles. The molecule has 3 rings (SSSR count). The highest BCUT2D eigenvalue weighted by atomic mass is 16.5. The fourth-order valence-electron chi connectivity index (χ4n) is 3.13. The number of morpholine rings is 1. The third-order valence-corrected chi connectivity index (χ3v) is 4.38. The molecule has 1 aliphatic rings. The third kappa shape index (κ3) is 4.03. The van der Waals surface area contributed by atoms with E-state index in [1.807, 2.05) is 0 Å². The van der Waals surface area contributed by atoms with Crippen LogP contribution in [0.1, 0.15) is 12.0 Å². The van der Waals surface area contributed by atoms with E-state index in [0.29, 0.717) is 0 Å². The van der Waals surface area contributed by atoms with Gasteiger partial charge in [0.15, 0.2) is 0 Å². The Morgan fingerprint density at radius 1 is 1.00 bits per heavy atom. The SMILES string of the molecule is c1ccc2c(C[NH2+]CCC[NH+]3CCOCC3)cccc2c1. The molecule has 3 nitrogen and oxygen atoms in total. The zero-order valence-electron chi connectivity index (χ0n) is 12.7. The number of benzene rings is 2. The molecule has 1 fully saturated rings. The molecule has 3 N–H and O–H groups in total. The Labute approximate surface area is 126 Å². The fraction of sp³-hybridized carbons (Fsp3) is 0.444. The quantitative estimate of drug-likeness (QED) is 0.731. The first-order valence-corrected chi connectivity index (χ1v) is 8.13. The molecule has 0 atom stereocenters. The second-order valence-corrected chi connectivity index (χ2v) is 5.89. The summed E-state index contributed by atoms with van der Waals surface area (Å²) in [5, 5.41) is 5.19. The zero-order chi connectivity index (χ0) is 14.3. The van der Waals surface area contributed by atoms with Gasteiger partial charge in [0, 0.05) is 12.0 Å². The highest BCUT2D eigenvalue weighted by molar-refractivity contribution is 5.85. The molecule has 1 saturated heterocycles. The van der Waals surface area contributed by atoms with Crippen LogP contribution >= 0.6 is 0 Å². The van der Waals surface area contributed by atoms with Crippen molar-refractivity contribution in [2.24, 2.45) is 0 Å². The molecule has 0 radical (unpaired) electrons. The molecule has 2 aromatic carbocycles. The Hall–Kier alpha value is -1.42. The number of nitrogens with one attached hydrogen (secondary N) is 1. The summed E-state index contributed by atoms with van der Waals surface area (Å²) in [6.45, 7) is 7.83. The number of fused-ring (bicyclic) bond motifs is 1. The van der Waals surface area contributed by atoms with Crippen LogP contribution in [0.4, 0.5) is 0 Å². The van der Waals surface area contributed by atoms with E-state index in [2.05, 4.69) is 47.8 Å². The van der Waals surface area contributed by atoms with E-state index in [-0.39, 0.29) is 0 Å². The summed E-state index contributed by atoms with van der Waals surface area (Å²) < 4.78 is 5.40. The lowest BCUT2D eigenvalue weighted by atomic mass is 10.0. The summed E-state index contributed by atoms with van der Waals surface area (Å²) in [6.07, 6.45) is 1.29. The highest BCUT2D eigenvalue weighted by Crippen LogP contribution is 2.17. The topological polar surface area (TPSA) is 30.3 Å². The molecule has 0 saturated carbocycles. The van der Waals surface area contributed by atoms with Gasteiger partial charge in [-0.2, -0.15) is 0 Å². The summed E-state index contributed by atoms with van der Waals surface area (Å²) in [7, 11) is 0. The van der Waals surface area contributed by atoms with Crippen LogP contribution in [0.3, 0.4) is 0 Å². The minimum Gasteiger partial charge on any atom is -0.370 e. The summed E-state index contributed by atoms with van der Waals surface area (Å²) in [5.74, 6) is 0. The van der Waals surface area contributed by atoms with Crippen molar-refractivity contribution >= 4 is 10.8 Å². The van der Waals surface area contributed by atoms with E-state index in [9.17, 15) is 0 Å². The van der Waals surface area contributed by atoms with Crippen molar-refractivity contribution in [1.82, 2.24) is 0 Å². The predicted octanol–water partition coefficient (Wildman–Crippen LogP) is 0.208. The monoisotopic (exact) mass is 286 g/mol. The van der Waals surface area contributed by atoms with Crippen LogP contribution in [-0.2, 0) is 11.3 Å². The van der Waals surface area contributed by atoms with Crippen molar-refractivity contribution in [3.63, 3.8) is 0 Å². The van der Waals surface area contributed by atoms with Gasteiger partial charge in [0.1, 0.15) is 19.6 Å². The van der Waals surface area contributed by atoms with E-state index in [1.165, 1.54) is 48.9 Å². The number of quaternary nitrogens is 2. The molecule has 0 unspecified atom stereocenters. The molecule has 0 aliphatic carbocycles. The number of hydrogen-bond donors (Lipinski definition) is 2. The van der Waals surface area contributed by atoms with E-state index in [4.69, 9.17) is 4.74 Å². The molecule has 0 aromatic heterocycles. The standard InChI is InChI=1S/C18H24N2O/c1-2-8-18-16(5-1)6-3-7-17(18)15-19-9-4-10-20-11-13-21-14-12-20/h1-3,5-8,19H,4,9-15H2/p+2. The lowest BCUT2D eigenvalue weighted by Crippen LogP contribution is -3.14. The number of rotatable bonds is 6. The Morgan fingerprint density at radius 3 is 2.71 bits per heavy atom. The summed E-state index contributed by atoms with van der Waals surface area (Å²) in [4.78, 5) is 1.71. The van der Waals surface area contributed by atoms with Crippen molar-refractivity contribution < 1.29 is 15.0 Å². The van der Waals surface area contributed by atoms with E-state index in [0.717, 1.165) is 19.8 Å². The van der Waals surface area contributed by atoms with Crippen molar-refractivity contribution in [2.45, 2.75) is 13.0 Å². The normalized spacial score (nSPS) is 16.4. The number of ether oxygens (including phenoxy) is 1. The lowest BCUT2D eigenvalue weighted by molar-refractivity contribution is -0.909. The minimum atomic E-state index is 0.940. The first kappa shape index (κ1) is 14.5. The summed E-state index contributed by atoms with van der Waals surface area (Å²) in [5.41, 5.74) is 1.45. The largest absolute Gasteiger partial charge is 0.370 e. The van der Waals surface area contributed by atoms with Gasteiger partial charge in [0.2, 0.25) is 0 Å². The zero-order valence-corrected chi connectivity index (χ0v) is 12.7. The summed E-state index contributed by atoms with van der Waals surface area (Å²) >= 11 is 0. The first-order valence-electron chi connectivity index (χ1n) is 8.13. The van der Waals surface area contributed by atoms with Gasteiger partial charge in [-0.05, 0) is 10.8 Å². The summed E-state index contributed by atoms with van der Waals surface area (Å²) in [6, 6.07) is 15.3. The molecule has 3 heteroatoms. The lowest BCUT2D eigenvalue weighted by Gasteiger charge is -2.23. The second kappa shape index (κ2) is 7.55. The van der Waals surface area contributed by atoms with Crippen molar-refractivity contribution in [3.8, 4) is 0 Å². The Kier molecular flexibility index (Phi) is 5.22. The smallest absolute Gasteiger partial charge is 0.102 e. The van der Waals surface area contributed by atoms with Crippen molar-refractivity contribution in [2.75, 3.05) is 39.4 Å².